The van der Waals surface area contributed by atoms with Gasteiger partial charge in [-0.2, -0.15) is 5.10 Å². The molecule has 0 radical (unpaired) electrons. The molecule has 0 bridgehead atoms. The van der Waals surface area contributed by atoms with E-state index in [4.69, 9.17) is 5.73 Å². The first-order valence-electron chi connectivity index (χ1n) is 5.32. The summed E-state index contributed by atoms with van der Waals surface area (Å²) in [6.07, 6.45) is 0. The first kappa shape index (κ1) is 12.6. The van der Waals surface area contributed by atoms with Gasteiger partial charge in [-0.3, -0.25) is 4.79 Å². The summed E-state index contributed by atoms with van der Waals surface area (Å²) in [6, 6.07) is 0. The predicted octanol–water partition coefficient (Wildman–Crippen LogP) is -0.252. The van der Waals surface area contributed by atoms with Gasteiger partial charge in [0.1, 0.15) is 17.2 Å². The van der Waals surface area contributed by atoms with Crippen LogP contribution in [0.25, 0.3) is 0 Å². The van der Waals surface area contributed by atoms with Crippen LogP contribution in [0.1, 0.15) is 25.5 Å². The molecule has 90 valence electrons. The Bertz CT molecular complexity index is 387. The quantitative estimate of drug-likeness (QED) is 0.723. The number of amides is 1. The first-order valence-corrected chi connectivity index (χ1v) is 5.32. The lowest BCUT2D eigenvalue weighted by molar-refractivity contribution is -0.124. The fourth-order valence-electron chi connectivity index (χ4n) is 1.62. The van der Waals surface area contributed by atoms with Crippen molar-refractivity contribution in [2.45, 2.75) is 39.8 Å². The molecule has 0 saturated carbocycles. The van der Waals surface area contributed by atoms with Crippen molar-refractivity contribution in [2.24, 2.45) is 5.73 Å². The Labute approximate surface area is 95.2 Å². The molecule has 16 heavy (non-hydrogen) atoms. The van der Waals surface area contributed by atoms with E-state index >= 15 is 0 Å². The van der Waals surface area contributed by atoms with E-state index < -0.39 is 5.54 Å². The third kappa shape index (κ3) is 2.57. The fraction of sp³-hybridized carbons (Fsp3) is 0.700. The fourth-order valence-corrected chi connectivity index (χ4v) is 1.62. The highest BCUT2D eigenvalue weighted by molar-refractivity contribution is 5.84. The maximum atomic E-state index is 11.4. The van der Waals surface area contributed by atoms with Crippen LogP contribution in [0.15, 0.2) is 0 Å². The second-order valence-corrected chi connectivity index (χ2v) is 4.09. The van der Waals surface area contributed by atoms with Gasteiger partial charge in [-0.1, -0.05) is 6.92 Å². The van der Waals surface area contributed by atoms with Gasteiger partial charge in [0.15, 0.2) is 0 Å². The van der Waals surface area contributed by atoms with Crippen molar-refractivity contribution in [1.29, 1.82) is 0 Å². The van der Waals surface area contributed by atoms with E-state index in [2.05, 4.69) is 15.4 Å². The molecule has 1 aromatic heterocycles. The molecule has 0 aliphatic rings. The smallest absolute Gasteiger partial charge is 0.239 e. The van der Waals surface area contributed by atoms with Gasteiger partial charge in [0.05, 0.1) is 6.54 Å². The molecular formula is C10H19N5O. The molecule has 0 aliphatic heterocycles. The molecule has 0 aromatic carbocycles. The topological polar surface area (TPSA) is 85.8 Å². The summed E-state index contributed by atoms with van der Waals surface area (Å²) < 4.78 is 1.70. The van der Waals surface area contributed by atoms with Crippen molar-refractivity contribution in [2.75, 3.05) is 6.54 Å². The van der Waals surface area contributed by atoms with Crippen LogP contribution in [0, 0.1) is 13.8 Å². The third-order valence-corrected chi connectivity index (χ3v) is 2.54. The normalized spacial score (nSPS) is 14.8. The molecule has 1 rings (SSSR count). The monoisotopic (exact) mass is 225 g/mol. The van der Waals surface area contributed by atoms with Gasteiger partial charge < -0.3 is 11.1 Å². The largest absolute Gasteiger partial charge is 0.368 e. The van der Waals surface area contributed by atoms with E-state index in [1.54, 1.807) is 11.6 Å². The maximum absolute atomic E-state index is 11.4. The van der Waals surface area contributed by atoms with Crippen molar-refractivity contribution < 1.29 is 4.79 Å². The second kappa shape index (κ2) is 4.61. The number of carbonyl (C=O) groups is 1. The molecule has 1 heterocycles. The van der Waals surface area contributed by atoms with E-state index in [1.807, 2.05) is 20.8 Å². The van der Waals surface area contributed by atoms with Gasteiger partial charge in [-0.15, -0.1) is 0 Å². The van der Waals surface area contributed by atoms with Crippen LogP contribution in [0.5, 0.6) is 0 Å². The molecule has 1 unspecified atom stereocenters. The predicted molar refractivity (Wildman–Crippen MR) is 60.8 cm³/mol. The summed E-state index contributed by atoms with van der Waals surface area (Å²) in [7, 11) is 0. The molecule has 3 N–H and O–H groups in total. The number of carbonyl (C=O) groups excluding carboxylic acids is 1. The number of nitrogens with one attached hydrogen (secondary N) is 1. The minimum absolute atomic E-state index is 0.387. The number of nitrogens with two attached hydrogens (primary N) is 1. The average Bonchev–Trinajstić information content (AvgIpc) is 2.45. The van der Waals surface area contributed by atoms with Crippen molar-refractivity contribution in [1.82, 2.24) is 20.1 Å². The molecule has 0 saturated heterocycles. The Balaban J connectivity index is 2.92. The molecule has 1 atom stereocenters. The lowest BCUT2D eigenvalue weighted by Crippen LogP contribution is -2.56. The summed E-state index contributed by atoms with van der Waals surface area (Å²) in [5.74, 6) is 1.09. The first-order chi connectivity index (χ1) is 7.39. The number of aromatic nitrogens is 3. The lowest BCUT2D eigenvalue weighted by Gasteiger charge is -2.26. The van der Waals surface area contributed by atoms with E-state index in [1.165, 1.54) is 0 Å². The number of hydrogen-bond donors (Lipinski definition) is 2. The van der Waals surface area contributed by atoms with Gasteiger partial charge in [0.2, 0.25) is 5.91 Å². The molecule has 6 nitrogen and oxygen atoms in total. The zero-order valence-electron chi connectivity index (χ0n) is 10.2. The molecule has 6 heteroatoms. The van der Waals surface area contributed by atoms with E-state index in [0.29, 0.717) is 18.9 Å². The summed E-state index contributed by atoms with van der Waals surface area (Å²) in [5, 5.41) is 7.30. The van der Waals surface area contributed by atoms with Crippen LogP contribution in [-0.2, 0) is 11.3 Å². The van der Waals surface area contributed by atoms with E-state index in [0.717, 1.165) is 5.82 Å². The van der Waals surface area contributed by atoms with Crippen LogP contribution in [0.4, 0.5) is 0 Å². The SMILES string of the molecule is CCNC(C)(Cn1nc(C)nc1C)C(N)=O. The van der Waals surface area contributed by atoms with Crippen molar-refractivity contribution >= 4 is 5.91 Å². The highest BCUT2D eigenvalue weighted by Gasteiger charge is 2.31. The van der Waals surface area contributed by atoms with Gasteiger partial charge in [-0.25, -0.2) is 9.67 Å². The lowest BCUT2D eigenvalue weighted by atomic mass is 10.0. The van der Waals surface area contributed by atoms with E-state index in [9.17, 15) is 4.79 Å². The van der Waals surface area contributed by atoms with Crippen molar-refractivity contribution in [3.05, 3.63) is 11.6 Å². The molecule has 0 fully saturated rings. The standard InChI is InChI=1S/C10H19N5O/c1-5-12-10(4,9(11)16)6-15-8(3)13-7(2)14-15/h12H,5-6H2,1-4H3,(H2,11,16). The summed E-state index contributed by atoms with van der Waals surface area (Å²) in [6.45, 7) is 8.44. The molecule has 0 spiro atoms. The number of rotatable bonds is 5. The van der Waals surface area contributed by atoms with Gasteiger partial charge in [0, 0.05) is 0 Å². The van der Waals surface area contributed by atoms with Gasteiger partial charge >= 0.3 is 0 Å². The van der Waals surface area contributed by atoms with Crippen LogP contribution in [-0.4, -0.2) is 32.8 Å². The summed E-state index contributed by atoms with van der Waals surface area (Å²) >= 11 is 0. The highest BCUT2D eigenvalue weighted by atomic mass is 16.1. The number of hydrogen-bond acceptors (Lipinski definition) is 4. The average molecular weight is 225 g/mol. The maximum Gasteiger partial charge on any atom is 0.239 e. The zero-order valence-corrected chi connectivity index (χ0v) is 10.2. The molecule has 1 amide bonds. The van der Waals surface area contributed by atoms with Crippen LogP contribution in [0.2, 0.25) is 0 Å². The Kier molecular flexibility index (Phi) is 3.64. The second-order valence-electron chi connectivity index (χ2n) is 4.09. The number of likely N-dealkylation sites (N-methyl/N-ethyl adjacent to an activating group) is 1. The Morgan fingerprint density at radius 3 is 2.56 bits per heavy atom. The Morgan fingerprint density at radius 1 is 1.56 bits per heavy atom. The molecule has 1 aromatic rings. The van der Waals surface area contributed by atoms with Crippen molar-refractivity contribution in [3.63, 3.8) is 0 Å². The molecular weight excluding hydrogens is 206 g/mol. The van der Waals surface area contributed by atoms with Crippen LogP contribution < -0.4 is 11.1 Å². The third-order valence-electron chi connectivity index (χ3n) is 2.54. The summed E-state index contributed by atoms with van der Waals surface area (Å²) in [4.78, 5) is 15.6. The van der Waals surface area contributed by atoms with Gasteiger partial charge in [0.25, 0.3) is 0 Å². The number of aryl methyl sites for hydroxylation is 2. The molecule has 0 aliphatic carbocycles. The Morgan fingerprint density at radius 2 is 2.19 bits per heavy atom. The van der Waals surface area contributed by atoms with Gasteiger partial charge in [-0.05, 0) is 27.3 Å². The van der Waals surface area contributed by atoms with Crippen LogP contribution >= 0.6 is 0 Å². The minimum atomic E-state index is -0.792. The van der Waals surface area contributed by atoms with Crippen molar-refractivity contribution in [3.8, 4) is 0 Å². The summed E-state index contributed by atoms with van der Waals surface area (Å²) in [5.41, 5.74) is 4.61. The zero-order chi connectivity index (χ0) is 12.3. The Hall–Kier alpha value is -1.43. The number of nitrogens with zero attached hydrogens (tertiary/aromatic N) is 3. The van der Waals surface area contributed by atoms with Crippen LogP contribution in [0.3, 0.4) is 0 Å². The number of primary amides is 1. The van der Waals surface area contributed by atoms with E-state index in [-0.39, 0.29) is 5.91 Å². The highest BCUT2D eigenvalue weighted by Crippen LogP contribution is 2.08. The minimum Gasteiger partial charge on any atom is -0.368 e.